The molecular formula is C17H25N3O3. The van der Waals surface area contributed by atoms with Crippen LogP contribution in [0.2, 0.25) is 0 Å². The van der Waals surface area contributed by atoms with E-state index in [0.29, 0.717) is 25.6 Å². The molecule has 0 saturated carbocycles. The molecule has 6 nitrogen and oxygen atoms in total. The van der Waals surface area contributed by atoms with Gasteiger partial charge in [-0.3, -0.25) is 4.68 Å². The molecule has 0 aliphatic rings. The average molecular weight is 319 g/mol. The van der Waals surface area contributed by atoms with Crippen LogP contribution in [-0.4, -0.2) is 34.8 Å². The quantitative estimate of drug-likeness (QED) is 0.711. The van der Waals surface area contributed by atoms with E-state index in [-0.39, 0.29) is 0 Å². The molecule has 0 atom stereocenters. The van der Waals surface area contributed by atoms with Gasteiger partial charge in [0.05, 0.1) is 25.5 Å². The maximum Gasteiger partial charge on any atom is 0.203 e. The van der Waals surface area contributed by atoms with E-state index < -0.39 is 0 Å². The lowest BCUT2D eigenvalue weighted by Crippen LogP contribution is -2.05. The van der Waals surface area contributed by atoms with Gasteiger partial charge in [-0.2, -0.15) is 0 Å². The van der Waals surface area contributed by atoms with Crippen molar-refractivity contribution >= 4 is 0 Å². The fourth-order valence-corrected chi connectivity index (χ4v) is 2.41. The second-order valence-corrected chi connectivity index (χ2v) is 5.06. The standard InChI is InChI=1S/C17H25N3O3/c1-5-21-15-11-9-13(8-10-14-12-20(4)19-18-14)16(22-6-2)17(15)23-7-3/h9,11-12H,5-8,10H2,1-4H3. The van der Waals surface area contributed by atoms with Crippen molar-refractivity contribution in [2.75, 3.05) is 19.8 Å². The van der Waals surface area contributed by atoms with E-state index in [4.69, 9.17) is 14.2 Å². The number of hydrogen-bond acceptors (Lipinski definition) is 5. The van der Waals surface area contributed by atoms with E-state index in [1.165, 1.54) is 0 Å². The summed E-state index contributed by atoms with van der Waals surface area (Å²) in [4.78, 5) is 0. The zero-order chi connectivity index (χ0) is 16.7. The highest BCUT2D eigenvalue weighted by molar-refractivity contribution is 5.56. The average Bonchev–Trinajstić information content (AvgIpc) is 2.95. The van der Waals surface area contributed by atoms with Crippen molar-refractivity contribution < 1.29 is 14.2 Å². The maximum atomic E-state index is 5.86. The number of rotatable bonds is 9. The number of aromatic nitrogens is 3. The molecule has 2 aromatic rings. The fraction of sp³-hybridized carbons (Fsp3) is 0.529. The second-order valence-electron chi connectivity index (χ2n) is 5.06. The van der Waals surface area contributed by atoms with Gasteiger partial charge < -0.3 is 14.2 Å². The van der Waals surface area contributed by atoms with Crippen molar-refractivity contribution in [3.8, 4) is 17.2 Å². The Hall–Kier alpha value is -2.24. The van der Waals surface area contributed by atoms with Gasteiger partial charge in [-0.25, -0.2) is 0 Å². The third-order valence-corrected chi connectivity index (χ3v) is 3.34. The van der Waals surface area contributed by atoms with Gasteiger partial charge in [-0.1, -0.05) is 11.3 Å². The zero-order valence-corrected chi connectivity index (χ0v) is 14.3. The summed E-state index contributed by atoms with van der Waals surface area (Å²) in [5, 5.41) is 8.09. The molecule has 0 N–H and O–H groups in total. The summed E-state index contributed by atoms with van der Waals surface area (Å²) in [5.41, 5.74) is 2.05. The summed E-state index contributed by atoms with van der Waals surface area (Å²) in [6.07, 6.45) is 3.53. The molecule has 1 aromatic heterocycles. The minimum atomic E-state index is 0.563. The Bertz CT molecular complexity index is 626. The normalized spacial score (nSPS) is 10.6. The highest BCUT2D eigenvalue weighted by atomic mass is 16.5. The highest BCUT2D eigenvalue weighted by Crippen LogP contribution is 2.41. The largest absolute Gasteiger partial charge is 0.490 e. The van der Waals surface area contributed by atoms with Crippen molar-refractivity contribution in [1.29, 1.82) is 0 Å². The number of benzene rings is 1. The lowest BCUT2D eigenvalue weighted by Gasteiger charge is -2.18. The number of nitrogens with zero attached hydrogens (tertiary/aromatic N) is 3. The fourth-order valence-electron chi connectivity index (χ4n) is 2.41. The predicted octanol–water partition coefficient (Wildman–Crippen LogP) is 2.80. The molecular weight excluding hydrogens is 294 g/mol. The maximum absolute atomic E-state index is 5.86. The molecule has 0 unspecified atom stereocenters. The predicted molar refractivity (Wildman–Crippen MR) is 88.4 cm³/mol. The van der Waals surface area contributed by atoms with E-state index in [2.05, 4.69) is 10.3 Å². The second kappa shape index (κ2) is 8.41. The molecule has 0 aliphatic heterocycles. The van der Waals surface area contributed by atoms with E-state index in [1.807, 2.05) is 46.1 Å². The van der Waals surface area contributed by atoms with Crippen LogP contribution in [0.4, 0.5) is 0 Å². The molecule has 0 fully saturated rings. The van der Waals surface area contributed by atoms with Gasteiger partial charge in [0.1, 0.15) is 0 Å². The summed E-state index contributed by atoms with van der Waals surface area (Å²) in [5.74, 6) is 2.18. The van der Waals surface area contributed by atoms with Gasteiger partial charge in [-0.15, -0.1) is 5.10 Å². The Morgan fingerprint density at radius 2 is 1.61 bits per heavy atom. The summed E-state index contributed by atoms with van der Waals surface area (Å²) >= 11 is 0. The van der Waals surface area contributed by atoms with Crippen LogP contribution in [0.25, 0.3) is 0 Å². The summed E-state index contributed by atoms with van der Waals surface area (Å²) in [6, 6.07) is 3.98. The van der Waals surface area contributed by atoms with Crippen molar-refractivity contribution in [2.24, 2.45) is 7.05 Å². The number of hydrogen-bond donors (Lipinski definition) is 0. The third-order valence-electron chi connectivity index (χ3n) is 3.34. The van der Waals surface area contributed by atoms with Crippen LogP contribution in [-0.2, 0) is 19.9 Å². The first-order valence-corrected chi connectivity index (χ1v) is 8.09. The molecule has 126 valence electrons. The Labute approximate surface area is 137 Å². The Morgan fingerprint density at radius 3 is 2.22 bits per heavy atom. The van der Waals surface area contributed by atoms with Crippen LogP contribution >= 0.6 is 0 Å². The molecule has 1 aromatic carbocycles. The first-order valence-electron chi connectivity index (χ1n) is 8.09. The van der Waals surface area contributed by atoms with Crippen molar-refractivity contribution in [3.05, 3.63) is 29.6 Å². The van der Waals surface area contributed by atoms with Crippen LogP contribution in [0, 0.1) is 0 Å². The van der Waals surface area contributed by atoms with Crippen molar-refractivity contribution in [1.82, 2.24) is 15.0 Å². The van der Waals surface area contributed by atoms with Gasteiger partial charge in [0.2, 0.25) is 5.75 Å². The van der Waals surface area contributed by atoms with E-state index in [9.17, 15) is 0 Å². The monoisotopic (exact) mass is 319 g/mol. The molecule has 0 bridgehead atoms. The van der Waals surface area contributed by atoms with Gasteiger partial charge >= 0.3 is 0 Å². The Balaban J connectivity index is 2.27. The van der Waals surface area contributed by atoms with Gasteiger partial charge in [-0.05, 0) is 45.2 Å². The molecule has 0 aliphatic carbocycles. The number of ether oxygens (including phenoxy) is 3. The molecule has 0 amide bonds. The van der Waals surface area contributed by atoms with Crippen LogP contribution in [0.5, 0.6) is 17.2 Å². The molecule has 23 heavy (non-hydrogen) atoms. The molecule has 2 rings (SSSR count). The van der Waals surface area contributed by atoms with Crippen LogP contribution in [0.1, 0.15) is 32.0 Å². The molecule has 0 radical (unpaired) electrons. The van der Waals surface area contributed by atoms with Gasteiger partial charge in [0.15, 0.2) is 11.5 Å². The first-order chi connectivity index (χ1) is 11.2. The van der Waals surface area contributed by atoms with E-state index >= 15 is 0 Å². The van der Waals surface area contributed by atoms with E-state index in [0.717, 1.165) is 35.6 Å². The Kier molecular flexibility index (Phi) is 6.26. The van der Waals surface area contributed by atoms with Crippen LogP contribution in [0.3, 0.4) is 0 Å². The van der Waals surface area contributed by atoms with Gasteiger partial charge in [0, 0.05) is 13.2 Å². The SMILES string of the molecule is CCOc1ccc(CCc2cn(C)nn2)c(OCC)c1OCC. The lowest BCUT2D eigenvalue weighted by atomic mass is 10.1. The molecule has 0 saturated heterocycles. The molecule has 1 heterocycles. The summed E-state index contributed by atoms with van der Waals surface area (Å²) in [6.45, 7) is 7.61. The smallest absolute Gasteiger partial charge is 0.203 e. The molecule has 6 heteroatoms. The topological polar surface area (TPSA) is 58.4 Å². The van der Waals surface area contributed by atoms with E-state index in [1.54, 1.807) is 4.68 Å². The summed E-state index contributed by atoms with van der Waals surface area (Å²) < 4.78 is 19.0. The summed E-state index contributed by atoms with van der Waals surface area (Å²) in [7, 11) is 1.87. The van der Waals surface area contributed by atoms with Crippen LogP contribution < -0.4 is 14.2 Å². The van der Waals surface area contributed by atoms with Gasteiger partial charge in [0.25, 0.3) is 0 Å². The third kappa shape index (κ3) is 4.37. The van der Waals surface area contributed by atoms with Crippen LogP contribution in [0.15, 0.2) is 18.3 Å². The number of aryl methyl sites for hydroxylation is 3. The Morgan fingerprint density at radius 1 is 0.913 bits per heavy atom. The lowest BCUT2D eigenvalue weighted by molar-refractivity contribution is 0.259. The van der Waals surface area contributed by atoms with Crippen molar-refractivity contribution in [2.45, 2.75) is 33.6 Å². The zero-order valence-electron chi connectivity index (χ0n) is 14.3. The minimum absolute atomic E-state index is 0.563. The highest BCUT2D eigenvalue weighted by Gasteiger charge is 2.17. The van der Waals surface area contributed by atoms with Crippen molar-refractivity contribution in [3.63, 3.8) is 0 Å². The molecule has 0 spiro atoms. The first kappa shape index (κ1) is 17.1. The minimum Gasteiger partial charge on any atom is -0.490 e.